The van der Waals surface area contributed by atoms with Crippen LogP contribution >= 0.6 is 0 Å². The molecule has 2 rings (SSSR count). The quantitative estimate of drug-likeness (QED) is 0.896. The van der Waals surface area contributed by atoms with Gasteiger partial charge in [0.15, 0.2) is 0 Å². The lowest BCUT2D eigenvalue weighted by atomic mass is 9.99. The van der Waals surface area contributed by atoms with Gasteiger partial charge in [-0.1, -0.05) is 19.1 Å². The van der Waals surface area contributed by atoms with E-state index in [0.29, 0.717) is 11.1 Å². The normalized spacial score (nSPS) is 22.9. The van der Waals surface area contributed by atoms with Gasteiger partial charge in [-0.2, -0.15) is 5.26 Å². The number of hydrogen-bond donors (Lipinski definition) is 1. The number of benzene rings is 1. The molecule has 0 aliphatic carbocycles. The van der Waals surface area contributed by atoms with Crippen LogP contribution in [0.15, 0.2) is 24.3 Å². The smallest absolute Gasteiger partial charge is 0.308 e. The Morgan fingerprint density at radius 3 is 2.76 bits per heavy atom. The second-order valence-electron chi connectivity index (χ2n) is 5.31. The van der Waals surface area contributed by atoms with Crippen LogP contribution in [0, 0.1) is 23.2 Å². The molecule has 1 aliphatic rings. The van der Waals surface area contributed by atoms with Crippen LogP contribution in [0.25, 0.3) is 0 Å². The van der Waals surface area contributed by atoms with Gasteiger partial charge in [0, 0.05) is 13.1 Å². The summed E-state index contributed by atoms with van der Waals surface area (Å²) in [5.41, 5.74) is 0.932. The van der Waals surface area contributed by atoms with Gasteiger partial charge in [-0.15, -0.1) is 0 Å². The van der Waals surface area contributed by atoms with Crippen LogP contribution in [0.5, 0.6) is 0 Å². The van der Waals surface area contributed by atoms with Gasteiger partial charge in [0.2, 0.25) is 10.0 Å². The van der Waals surface area contributed by atoms with E-state index in [4.69, 9.17) is 10.4 Å². The molecule has 1 heterocycles. The molecule has 1 N–H and O–H groups in total. The van der Waals surface area contributed by atoms with Crippen LogP contribution in [0.3, 0.4) is 0 Å². The summed E-state index contributed by atoms with van der Waals surface area (Å²) in [6, 6.07) is 8.39. The van der Waals surface area contributed by atoms with E-state index in [-0.39, 0.29) is 24.8 Å². The molecule has 1 aliphatic heterocycles. The number of nitrogens with zero attached hydrogens (tertiary/aromatic N) is 2. The number of carboxylic acids is 1. The lowest BCUT2D eigenvalue weighted by molar-refractivity contribution is -0.142. The number of sulfonamides is 1. The van der Waals surface area contributed by atoms with Gasteiger partial charge >= 0.3 is 5.97 Å². The zero-order chi connectivity index (χ0) is 15.6. The third-order valence-corrected chi connectivity index (χ3v) is 5.48. The van der Waals surface area contributed by atoms with Crippen molar-refractivity contribution in [2.24, 2.45) is 11.8 Å². The third-order valence-electron chi connectivity index (χ3n) is 3.69. The topological polar surface area (TPSA) is 98.5 Å². The van der Waals surface area contributed by atoms with Crippen molar-refractivity contribution in [2.45, 2.75) is 12.7 Å². The van der Waals surface area contributed by atoms with E-state index in [1.165, 1.54) is 10.4 Å². The number of carboxylic acid groups (broad SMARTS) is 1. The first-order chi connectivity index (χ1) is 9.83. The maximum absolute atomic E-state index is 12.4. The van der Waals surface area contributed by atoms with E-state index < -0.39 is 21.9 Å². The average molecular weight is 308 g/mol. The first kappa shape index (κ1) is 15.5. The van der Waals surface area contributed by atoms with Gasteiger partial charge in [0.1, 0.15) is 0 Å². The monoisotopic (exact) mass is 308 g/mol. The maximum atomic E-state index is 12.4. The highest BCUT2D eigenvalue weighted by molar-refractivity contribution is 7.88. The summed E-state index contributed by atoms with van der Waals surface area (Å²) in [5.74, 6) is -2.05. The van der Waals surface area contributed by atoms with Crippen LogP contribution < -0.4 is 0 Å². The van der Waals surface area contributed by atoms with Gasteiger partial charge in [-0.3, -0.25) is 4.79 Å². The van der Waals surface area contributed by atoms with Crippen molar-refractivity contribution >= 4 is 16.0 Å². The van der Waals surface area contributed by atoms with E-state index in [0.717, 1.165) is 0 Å². The Morgan fingerprint density at radius 2 is 2.19 bits per heavy atom. The number of carbonyl (C=O) groups is 1. The maximum Gasteiger partial charge on any atom is 0.308 e. The molecule has 2 atom stereocenters. The number of nitriles is 1. The molecule has 6 nitrogen and oxygen atoms in total. The Morgan fingerprint density at radius 1 is 1.48 bits per heavy atom. The molecule has 0 bridgehead atoms. The van der Waals surface area contributed by atoms with Crippen molar-refractivity contribution in [3.8, 4) is 6.07 Å². The number of aliphatic carboxylic acids is 1. The van der Waals surface area contributed by atoms with Gasteiger partial charge < -0.3 is 5.11 Å². The number of hydrogen-bond acceptors (Lipinski definition) is 4. The van der Waals surface area contributed by atoms with Gasteiger partial charge in [0.05, 0.1) is 23.3 Å². The number of rotatable bonds is 4. The van der Waals surface area contributed by atoms with Gasteiger partial charge in [0.25, 0.3) is 0 Å². The third kappa shape index (κ3) is 3.40. The molecule has 7 heteroatoms. The van der Waals surface area contributed by atoms with Crippen molar-refractivity contribution in [3.05, 3.63) is 35.4 Å². The fourth-order valence-electron chi connectivity index (χ4n) is 2.50. The Kier molecular flexibility index (Phi) is 4.30. The molecule has 0 saturated carbocycles. The minimum absolute atomic E-state index is 0.0107. The van der Waals surface area contributed by atoms with Crippen LogP contribution in [-0.2, 0) is 20.6 Å². The molecule has 21 heavy (non-hydrogen) atoms. The minimum atomic E-state index is -3.58. The van der Waals surface area contributed by atoms with Crippen molar-refractivity contribution in [2.75, 3.05) is 13.1 Å². The standard InChI is InChI=1S/C14H16N2O4S/c1-10-7-16(8-13(10)14(17)18)21(19,20)9-12-4-2-3-11(5-12)6-15/h2-5,10,13H,7-9H2,1H3,(H,17,18). The fraction of sp³-hybridized carbons (Fsp3) is 0.429. The Labute approximate surface area is 123 Å². The lowest BCUT2D eigenvalue weighted by Crippen LogP contribution is -2.31. The van der Waals surface area contributed by atoms with Crippen LogP contribution in [0.2, 0.25) is 0 Å². The summed E-state index contributed by atoms with van der Waals surface area (Å²) in [7, 11) is -3.58. The van der Waals surface area contributed by atoms with Crippen molar-refractivity contribution in [3.63, 3.8) is 0 Å². The summed E-state index contributed by atoms with van der Waals surface area (Å²) in [6.45, 7) is 1.97. The first-order valence-electron chi connectivity index (χ1n) is 6.53. The fourth-order valence-corrected chi connectivity index (χ4v) is 4.14. The second-order valence-corrected chi connectivity index (χ2v) is 7.28. The molecule has 1 saturated heterocycles. The molecule has 0 radical (unpaired) electrons. The molecule has 1 aromatic carbocycles. The van der Waals surface area contributed by atoms with Gasteiger partial charge in [-0.05, 0) is 23.6 Å². The average Bonchev–Trinajstić information content (AvgIpc) is 2.81. The molecular formula is C14H16N2O4S. The Balaban J connectivity index is 2.16. The van der Waals surface area contributed by atoms with E-state index in [1.807, 2.05) is 6.07 Å². The second kappa shape index (κ2) is 5.84. The zero-order valence-corrected chi connectivity index (χ0v) is 12.4. The van der Waals surface area contributed by atoms with E-state index in [9.17, 15) is 13.2 Å². The molecule has 0 amide bonds. The van der Waals surface area contributed by atoms with Crippen molar-refractivity contribution in [1.29, 1.82) is 5.26 Å². The van der Waals surface area contributed by atoms with Crippen LogP contribution in [0.4, 0.5) is 0 Å². The molecule has 1 aromatic rings. The van der Waals surface area contributed by atoms with Gasteiger partial charge in [-0.25, -0.2) is 12.7 Å². The SMILES string of the molecule is CC1CN(S(=O)(=O)Cc2cccc(C#N)c2)CC1C(=O)O. The highest BCUT2D eigenvalue weighted by Crippen LogP contribution is 2.27. The summed E-state index contributed by atoms with van der Waals surface area (Å²) in [5, 5.41) is 17.9. The largest absolute Gasteiger partial charge is 0.481 e. The summed E-state index contributed by atoms with van der Waals surface area (Å²) in [4.78, 5) is 11.1. The molecule has 2 unspecified atom stereocenters. The van der Waals surface area contributed by atoms with Crippen molar-refractivity contribution in [1.82, 2.24) is 4.31 Å². The highest BCUT2D eigenvalue weighted by Gasteiger charge is 2.39. The molecular weight excluding hydrogens is 292 g/mol. The van der Waals surface area contributed by atoms with Crippen LogP contribution in [-0.4, -0.2) is 36.9 Å². The summed E-state index contributed by atoms with van der Waals surface area (Å²) in [6.07, 6.45) is 0. The van der Waals surface area contributed by atoms with E-state index in [1.54, 1.807) is 25.1 Å². The minimum Gasteiger partial charge on any atom is -0.481 e. The Bertz CT molecular complexity index is 693. The van der Waals surface area contributed by atoms with E-state index in [2.05, 4.69) is 0 Å². The lowest BCUT2D eigenvalue weighted by Gasteiger charge is -2.16. The van der Waals surface area contributed by atoms with Crippen LogP contribution in [0.1, 0.15) is 18.1 Å². The summed E-state index contributed by atoms with van der Waals surface area (Å²) < 4.78 is 26.0. The van der Waals surface area contributed by atoms with Crippen molar-refractivity contribution < 1.29 is 18.3 Å². The molecule has 0 spiro atoms. The predicted octanol–water partition coefficient (Wildman–Crippen LogP) is 1.04. The molecule has 0 aromatic heterocycles. The molecule has 112 valence electrons. The van der Waals surface area contributed by atoms with E-state index >= 15 is 0 Å². The molecule has 1 fully saturated rings. The highest BCUT2D eigenvalue weighted by atomic mass is 32.2. The zero-order valence-electron chi connectivity index (χ0n) is 11.6. The first-order valence-corrected chi connectivity index (χ1v) is 8.14. The Hall–Kier alpha value is -1.91. The predicted molar refractivity (Wildman–Crippen MR) is 75.6 cm³/mol. The summed E-state index contributed by atoms with van der Waals surface area (Å²) >= 11 is 0.